The third-order valence-electron chi connectivity index (χ3n) is 2.75. The number of nitrogens with zero attached hydrogens (tertiary/aromatic N) is 3. The van der Waals surface area contributed by atoms with Gasteiger partial charge in [-0.2, -0.15) is 5.10 Å². The van der Waals surface area contributed by atoms with E-state index in [2.05, 4.69) is 24.3 Å². The SMILES string of the molecule is CCNC(C)Cn1ccn2nc(C)cc2c1=O. The molecule has 0 bridgehead atoms. The zero-order chi connectivity index (χ0) is 12.4. The molecule has 2 heterocycles. The maximum atomic E-state index is 12.2. The Balaban J connectivity index is 2.35. The maximum absolute atomic E-state index is 12.2. The van der Waals surface area contributed by atoms with Gasteiger partial charge in [-0.25, -0.2) is 4.52 Å². The molecule has 1 atom stereocenters. The van der Waals surface area contributed by atoms with Crippen molar-refractivity contribution in [2.24, 2.45) is 0 Å². The summed E-state index contributed by atoms with van der Waals surface area (Å²) in [6, 6.07) is 2.10. The van der Waals surface area contributed by atoms with Gasteiger partial charge in [-0.3, -0.25) is 4.79 Å². The highest BCUT2D eigenvalue weighted by Crippen LogP contribution is 2.00. The van der Waals surface area contributed by atoms with E-state index < -0.39 is 0 Å². The second-order valence-corrected chi connectivity index (χ2v) is 4.33. The standard InChI is InChI=1S/C12H18N4O/c1-4-13-10(3)8-15-5-6-16-11(12(15)17)7-9(2)14-16/h5-7,10,13H,4,8H2,1-3H3. The van der Waals surface area contributed by atoms with Crippen molar-refractivity contribution in [1.82, 2.24) is 19.5 Å². The Morgan fingerprint density at radius 3 is 2.94 bits per heavy atom. The van der Waals surface area contributed by atoms with E-state index in [4.69, 9.17) is 0 Å². The Labute approximate surface area is 100 Å². The second-order valence-electron chi connectivity index (χ2n) is 4.33. The monoisotopic (exact) mass is 234 g/mol. The molecule has 1 N–H and O–H groups in total. The minimum Gasteiger partial charge on any atom is -0.313 e. The molecule has 0 fully saturated rings. The topological polar surface area (TPSA) is 51.3 Å². The number of likely N-dealkylation sites (N-methyl/N-ethyl adjacent to an activating group) is 1. The van der Waals surface area contributed by atoms with Crippen LogP contribution >= 0.6 is 0 Å². The third kappa shape index (κ3) is 2.39. The molecular formula is C12H18N4O. The first-order chi connectivity index (χ1) is 8.11. The van der Waals surface area contributed by atoms with Crippen molar-refractivity contribution in [2.75, 3.05) is 6.54 Å². The Bertz CT molecular complexity index is 569. The molecule has 0 aliphatic heterocycles. The number of rotatable bonds is 4. The van der Waals surface area contributed by atoms with Crippen LogP contribution in [0.15, 0.2) is 23.3 Å². The summed E-state index contributed by atoms with van der Waals surface area (Å²) in [5, 5.41) is 7.51. The summed E-state index contributed by atoms with van der Waals surface area (Å²) in [6.45, 7) is 7.60. The van der Waals surface area contributed by atoms with Crippen LogP contribution in [0, 0.1) is 6.92 Å². The smallest absolute Gasteiger partial charge is 0.276 e. The van der Waals surface area contributed by atoms with E-state index in [1.165, 1.54) is 0 Å². The summed E-state index contributed by atoms with van der Waals surface area (Å²) in [5.41, 5.74) is 1.51. The van der Waals surface area contributed by atoms with Gasteiger partial charge < -0.3 is 9.88 Å². The van der Waals surface area contributed by atoms with E-state index in [0.29, 0.717) is 12.1 Å². The number of fused-ring (bicyclic) bond motifs is 1. The van der Waals surface area contributed by atoms with Crippen LogP contribution in [0.25, 0.3) is 5.52 Å². The molecule has 0 saturated heterocycles. The molecule has 0 spiro atoms. The zero-order valence-corrected chi connectivity index (χ0v) is 10.5. The summed E-state index contributed by atoms with van der Waals surface area (Å²) >= 11 is 0. The van der Waals surface area contributed by atoms with Gasteiger partial charge >= 0.3 is 0 Å². The average molecular weight is 234 g/mol. The molecule has 0 amide bonds. The zero-order valence-electron chi connectivity index (χ0n) is 10.5. The van der Waals surface area contributed by atoms with Gasteiger partial charge in [0.25, 0.3) is 5.56 Å². The highest BCUT2D eigenvalue weighted by atomic mass is 16.1. The van der Waals surface area contributed by atoms with Gasteiger partial charge in [0.1, 0.15) is 5.52 Å². The van der Waals surface area contributed by atoms with Crippen LogP contribution in [0.3, 0.4) is 0 Å². The number of hydrogen-bond acceptors (Lipinski definition) is 3. The number of nitrogens with one attached hydrogen (secondary N) is 1. The van der Waals surface area contributed by atoms with Gasteiger partial charge in [-0.15, -0.1) is 0 Å². The lowest BCUT2D eigenvalue weighted by Gasteiger charge is -2.13. The fourth-order valence-corrected chi connectivity index (χ4v) is 2.00. The van der Waals surface area contributed by atoms with Crippen molar-refractivity contribution in [1.29, 1.82) is 0 Å². The van der Waals surface area contributed by atoms with Gasteiger partial charge in [-0.05, 0) is 26.5 Å². The van der Waals surface area contributed by atoms with Crippen LogP contribution < -0.4 is 10.9 Å². The van der Waals surface area contributed by atoms with Crippen LogP contribution in [0.5, 0.6) is 0 Å². The maximum Gasteiger partial charge on any atom is 0.276 e. The summed E-state index contributed by atoms with van der Waals surface area (Å²) in [5.74, 6) is 0. The molecule has 2 aromatic rings. The lowest BCUT2D eigenvalue weighted by molar-refractivity contribution is 0.480. The number of hydrogen-bond donors (Lipinski definition) is 1. The summed E-state index contributed by atoms with van der Waals surface area (Å²) in [7, 11) is 0. The molecule has 1 unspecified atom stereocenters. The first kappa shape index (κ1) is 11.9. The van der Waals surface area contributed by atoms with Crippen LogP contribution in [0.1, 0.15) is 19.5 Å². The van der Waals surface area contributed by atoms with Crippen molar-refractivity contribution in [2.45, 2.75) is 33.4 Å². The largest absolute Gasteiger partial charge is 0.313 e. The van der Waals surface area contributed by atoms with E-state index >= 15 is 0 Å². The Hall–Kier alpha value is -1.62. The predicted molar refractivity (Wildman–Crippen MR) is 67.3 cm³/mol. The summed E-state index contributed by atoms with van der Waals surface area (Å²) < 4.78 is 3.36. The van der Waals surface area contributed by atoms with Crippen molar-refractivity contribution in [3.05, 3.63) is 34.5 Å². The Morgan fingerprint density at radius 1 is 1.47 bits per heavy atom. The lowest BCUT2D eigenvalue weighted by atomic mass is 10.3. The van der Waals surface area contributed by atoms with Gasteiger partial charge in [0.15, 0.2) is 0 Å². The van der Waals surface area contributed by atoms with E-state index in [-0.39, 0.29) is 11.6 Å². The van der Waals surface area contributed by atoms with Crippen molar-refractivity contribution >= 4 is 5.52 Å². The molecule has 0 aromatic carbocycles. The van der Waals surface area contributed by atoms with Gasteiger partial charge in [0.05, 0.1) is 5.69 Å². The molecule has 0 saturated carbocycles. The van der Waals surface area contributed by atoms with Crippen LogP contribution in [0.4, 0.5) is 0 Å². The van der Waals surface area contributed by atoms with Crippen LogP contribution in [-0.2, 0) is 6.54 Å². The molecule has 92 valence electrons. The minimum atomic E-state index is 0.0119. The fraction of sp³-hybridized carbons (Fsp3) is 0.500. The normalized spacial score (nSPS) is 13.1. The van der Waals surface area contributed by atoms with Crippen molar-refractivity contribution in [3.8, 4) is 0 Å². The Kier molecular flexibility index (Phi) is 3.28. The summed E-state index contributed by atoms with van der Waals surface area (Å²) in [6.07, 6.45) is 3.61. The van der Waals surface area contributed by atoms with E-state index in [1.54, 1.807) is 15.3 Å². The quantitative estimate of drug-likeness (QED) is 0.851. The predicted octanol–water partition coefficient (Wildman–Crippen LogP) is 0.802. The molecule has 5 heteroatoms. The highest BCUT2D eigenvalue weighted by molar-refractivity contribution is 5.44. The van der Waals surface area contributed by atoms with E-state index in [1.807, 2.05) is 19.2 Å². The molecule has 0 aliphatic rings. The molecule has 5 nitrogen and oxygen atoms in total. The third-order valence-corrected chi connectivity index (χ3v) is 2.75. The molecule has 17 heavy (non-hydrogen) atoms. The van der Waals surface area contributed by atoms with Gasteiger partial charge in [-0.1, -0.05) is 6.92 Å². The minimum absolute atomic E-state index is 0.0119. The molecule has 0 aliphatic carbocycles. The van der Waals surface area contributed by atoms with Gasteiger partial charge in [0, 0.05) is 25.0 Å². The number of aromatic nitrogens is 3. The molecule has 0 radical (unpaired) electrons. The molecular weight excluding hydrogens is 216 g/mol. The lowest BCUT2D eigenvalue weighted by Crippen LogP contribution is -2.34. The van der Waals surface area contributed by atoms with Crippen molar-refractivity contribution < 1.29 is 0 Å². The highest BCUT2D eigenvalue weighted by Gasteiger charge is 2.07. The van der Waals surface area contributed by atoms with Crippen LogP contribution in [0.2, 0.25) is 0 Å². The first-order valence-corrected chi connectivity index (χ1v) is 5.90. The van der Waals surface area contributed by atoms with E-state index in [0.717, 1.165) is 12.2 Å². The Morgan fingerprint density at radius 2 is 2.24 bits per heavy atom. The molecule has 2 aromatic heterocycles. The first-order valence-electron chi connectivity index (χ1n) is 5.90. The summed E-state index contributed by atoms with van der Waals surface area (Å²) in [4.78, 5) is 12.2. The molecule has 2 rings (SSSR count). The van der Waals surface area contributed by atoms with Crippen molar-refractivity contribution in [3.63, 3.8) is 0 Å². The van der Waals surface area contributed by atoms with E-state index in [9.17, 15) is 4.79 Å². The van der Waals surface area contributed by atoms with Gasteiger partial charge in [0.2, 0.25) is 0 Å². The number of aryl methyl sites for hydroxylation is 1. The average Bonchev–Trinajstić information content (AvgIpc) is 2.64. The second kappa shape index (κ2) is 4.71. The van der Waals surface area contributed by atoms with Crippen LogP contribution in [-0.4, -0.2) is 26.8 Å². The fourth-order valence-electron chi connectivity index (χ4n) is 2.00.